The Kier molecular flexibility index (Phi) is 8110. The molecule has 0 radical (unpaired) electrons. The van der Waals surface area contributed by atoms with E-state index in [9.17, 15) is 0 Å². The van der Waals surface area contributed by atoms with Crippen LogP contribution < -0.4 is 17.0 Å². The molecule has 0 aromatic rings. The molecule has 0 aliphatic rings. The largest absolute Gasteiger partial charge is 2.00 e. The Morgan fingerprint density at radius 1 is 0.375 bits per heavy atom. The first kappa shape index (κ1) is 305. The molecule has 56 valence electrons. The Bertz CT molecular complexity index is 8.49. The van der Waals surface area contributed by atoms with Crippen LogP contribution in [0.4, 0.5) is 0 Å². The standard InChI is InChI=1S/BrH.Ca.6H2O/h1H;;6*1H2/q;+2;;;;;;/p-1. The predicted molar refractivity (Wildman–Crippen MR) is 27.4 cm³/mol. The molecule has 0 heterocycles. The van der Waals surface area contributed by atoms with Crippen molar-refractivity contribution in [1.82, 2.24) is 0 Å². The Hall–Kier alpha value is 1.50. The van der Waals surface area contributed by atoms with E-state index in [1.54, 1.807) is 0 Å². The smallest absolute Gasteiger partial charge is 1.00 e. The molecule has 0 saturated carbocycles. The third kappa shape index (κ3) is 141. The molecule has 0 aliphatic heterocycles. The molecule has 0 atom stereocenters. The second-order valence-electron chi connectivity index (χ2n) is 0. The van der Waals surface area contributed by atoms with Crippen LogP contribution in [0.5, 0.6) is 0 Å². The summed E-state index contributed by atoms with van der Waals surface area (Å²) < 4.78 is 0. The zero-order chi connectivity index (χ0) is 0. The van der Waals surface area contributed by atoms with Gasteiger partial charge >= 0.3 is 37.7 Å². The predicted octanol–water partition coefficient (Wildman–Crippen LogP) is -8.32. The van der Waals surface area contributed by atoms with Crippen molar-refractivity contribution in [3.63, 3.8) is 0 Å². The van der Waals surface area contributed by atoms with Gasteiger partial charge in [-0.25, -0.2) is 0 Å². The van der Waals surface area contributed by atoms with Gasteiger partial charge in [-0.05, 0) is 0 Å². The van der Waals surface area contributed by atoms with E-state index in [0.29, 0.717) is 0 Å². The molecule has 0 aromatic heterocycles. The SMILES string of the molecule is O.O.O.O.O.O.[Br-].[Ca+2]. The fourth-order valence-electron chi connectivity index (χ4n) is 0. The van der Waals surface area contributed by atoms with Crippen LogP contribution in [-0.4, -0.2) is 70.6 Å². The maximum atomic E-state index is 0. The summed E-state index contributed by atoms with van der Waals surface area (Å²) >= 11 is 0. The van der Waals surface area contributed by atoms with Gasteiger partial charge in [-0.15, -0.1) is 0 Å². The van der Waals surface area contributed by atoms with Gasteiger partial charge in [0.2, 0.25) is 0 Å². The van der Waals surface area contributed by atoms with Crippen molar-refractivity contribution in [3.8, 4) is 0 Å². The van der Waals surface area contributed by atoms with Gasteiger partial charge in [0.1, 0.15) is 0 Å². The van der Waals surface area contributed by atoms with Crippen LogP contribution in [0.15, 0.2) is 0 Å². The summed E-state index contributed by atoms with van der Waals surface area (Å²) in [6, 6.07) is 0. The van der Waals surface area contributed by atoms with Gasteiger partial charge in [-0.3, -0.25) is 0 Å². The van der Waals surface area contributed by atoms with Gasteiger partial charge in [-0.1, -0.05) is 0 Å². The zero-order valence-electron chi connectivity index (χ0n) is 4.09. The Balaban J connectivity index is 0. The van der Waals surface area contributed by atoms with E-state index in [0.717, 1.165) is 0 Å². The normalized spacial score (nSPS) is 0. The van der Waals surface area contributed by atoms with E-state index in [-0.39, 0.29) is 87.6 Å². The fraction of sp³-hybridized carbons (Fsp3) is 0. The van der Waals surface area contributed by atoms with Crippen molar-refractivity contribution >= 4 is 37.7 Å². The van der Waals surface area contributed by atoms with Crippen molar-refractivity contribution in [1.29, 1.82) is 0 Å². The monoisotopic (exact) mass is 227 g/mol. The number of hydrogen-bond donors (Lipinski definition) is 0. The number of hydrogen-bond acceptors (Lipinski definition) is 0. The molecular formula is H12BrCaO6+. The molecule has 0 aromatic carbocycles. The van der Waals surface area contributed by atoms with E-state index in [1.807, 2.05) is 0 Å². The van der Waals surface area contributed by atoms with Crippen molar-refractivity contribution in [2.45, 2.75) is 0 Å². The molecule has 0 fully saturated rings. The third-order valence-electron chi connectivity index (χ3n) is 0. The van der Waals surface area contributed by atoms with Crippen molar-refractivity contribution in [2.75, 3.05) is 0 Å². The van der Waals surface area contributed by atoms with E-state index in [2.05, 4.69) is 0 Å². The molecule has 0 rings (SSSR count). The first-order chi connectivity index (χ1) is 0. The van der Waals surface area contributed by atoms with Crippen molar-refractivity contribution in [3.05, 3.63) is 0 Å². The van der Waals surface area contributed by atoms with Crippen LogP contribution >= 0.6 is 0 Å². The van der Waals surface area contributed by atoms with Crippen LogP contribution in [0.1, 0.15) is 0 Å². The van der Waals surface area contributed by atoms with Gasteiger partial charge in [-0.2, -0.15) is 0 Å². The molecule has 8 heavy (non-hydrogen) atoms. The van der Waals surface area contributed by atoms with Crippen LogP contribution in [0.2, 0.25) is 0 Å². The van der Waals surface area contributed by atoms with E-state index >= 15 is 0 Å². The summed E-state index contributed by atoms with van der Waals surface area (Å²) in [6.45, 7) is 0. The Morgan fingerprint density at radius 3 is 0.375 bits per heavy atom. The molecule has 0 amide bonds. The summed E-state index contributed by atoms with van der Waals surface area (Å²) in [5.74, 6) is 0. The summed E-state index contributed by atoms with van der Waals surface area (Å²) in [4.78, 5) is 0. The first-order valence-corrected chi connectivity index (χ1v) is 0. The number of rotatable bonds is 0. The van der Waals surface area contributed by atoms with Crippen molar-refractivity contribution in [2.24, 2.45) is 0 Å². The second kappa shape index (κ2) is 213. The molecule has 0 saturated heterocycles. The molecular weight excluding hydrogens is 216 g/mol. The van der Waals surface area contributed by atoms with Crippen LogP contribution in [0.25, 0.3) is 0 Å². The second-order valence-corrected chi connectivity index (χ2v) is 0. The van der Waals surface area contributed by atoms with Crippen LogP contribution in [0, 0.1) is 0 Å². The average Bonchev–Trinajstić information content (AvgIpc) is 0. The molecule has 0 bridgehead atoms. The minimum atomic E-state index is 0. The van der Waals surface area contributed by atoms with Gasteiger partial charge < -0.3 is 49.8 Å². The maximum Gasteiger partial charge on any atom is 2.00 e. The zero-order valence-corrected chi connectivity index (χ0v) is 7.88. The summed E-state index contributed by atoms with van der Waals surface area (Å²) in [5, 5.41) is 0. The van der Waals surface area contributed by atoms with Gasteiger partial charge in [0.15, 0.2) is 0 Å². The molecule has 6 nitrogen and oxygen atoms in total. The van der Waals surface area contributed by atoms with E-state index in [1.165, 1.54) is 0 Å². The average molecular weight is 228 g/mol. The minimum absolute atomic E-state index is 0. The van der Waals surface area contributed by atoms with Gasteiger partial charge in [0, 0.05) is 0 Å². The molecule has 0 unspecified atom stereocenters. The molecule has 12 N–H and O–H groups in total. The van der Waals surface area contributed by atoms with Crippen molar-refractivity contribution < 1.29 is 49.8 Å². The molecule has 0 aliphatic carbocycles. The summed E-state index contributed by atoms with van der Waals surface area (Å²) in [7, 11) is 0. The Labute approximate surface area is 86.9 Å². The maximum absolute atomic E-state index is 0. The van der Waals surface area contributed by atoms with Gasteiger partial charge in [0.05, 0.1) is 0 Å². The van der Waals surface area contributed by atoms with E-state index < -0.39 is 0 Å². The summed E-state index contributed by atoms with van der Waals surface area (Å²) in [5.41, 5.74) is 0. The Morgan fingerprint density at radius 2 is 0.375 bits per heavy atom. The van der Waals surface area contributed by atoms with Crippen LogP contribution in [-0.2, 0) is 0 Å². The first-order valence-electron chi connectivity index (χ1n) is 0. The van der Waals surface area contributed by atoms with Gasteiger partial charge in [0.25, 0.3) is 0 Å². The minimum Gasteiger partial charge on any atom is -1.00 e. The summed E-state index contributed by atoms with van der Waals surface area (Å²) in [6.07, 6.45) is 0. The quantitative estimate of drug-likeness (QED) is 0.356. The van der Waals surface area contributed by atoms with Crippen LogP contribution in [0.3, 0.4) is 0 Å². The third-order valence-corrected chi connectivity index (χ3v) is 0. The molecule has 8 heteroatoms. The van der Waals surface area contributed by atoms with E-state index in [4.69, 9.17) is 0 Å². The topological polar surface area (TPSA) is 189 Å². The number of halogens is 1. The fourth-order valence-corrected chi connectivity index (χ4v) is 0. The molecule has 0 spiro atoms.